The molecule has 0 atom stereocenters. The number of aromatic nitrogens is 1. The summed E-state index contributed by atoms with van der Waals surface area (Å²) in [5, 5.41) is 14.5. The Morgan fingerprint density at radius 3 is 2.69 bits per heavy atom. The van der Waals surface area contributed by atoms with Crippen LogP contribution in [-0.4, -0.2) is 29.3 Å². The summed E-state index contributed by atoms with van der Waals surface area (Å²) in [7, 11) is 0. The molecule has 0 aromatic carbocycles. The van der Waals surface area contributed by atoms with E-state index in [0.717, 1.165) is 12.8 Å². The zero-order valence-electron chi connectivity index (χ0n) is 8.94. The monoisotopic (exact) mass is 221 g/mol. The minimum absolute atomic E-state index is 0.0599. The second-order valence-electron chi connectivity index (χ2n) is 4.20. The van der Waals surface area contributed by atoms with Crippen LogP contribution in [0.1, 0.15) is 12.8 Å². The summed E-state index contributed by atoms with van der Waals surface area (Å²) in [5.74, 6) is 0. The highest BCUT2D eigenvalue weighted by atomic mass is 16.3. The standard InChI is InChI=1S/C11H15N3O2/c15-8-11(3-4-11)7-13-10(16)14-9-1-5-12-6-2-9/h1-2,5-6,15H,3-4,7-8H2,(H2,12,13,14,16). The Bertz CT molecular complexity index is 363. The summed E-state index contributed by atoms with van der Waals surface area (Å²) in [4.78, 5) is 15.3. The number of urea groups is 1. The molecule has 0 saturated heterocycles. The maximum atomic E-state index is 11.5. The number of aliphatic hydroxyl groups excluding tert-OH is 1. The van der Waals surface area contributed by atoms with E-state index >= 15 is 0 Å². The minimum Gasteiger partial charge on any atom is -0.396 e. The van der Waals surface area contributed by atoms with Crippen LogP contribution in [0.4, 0.5) is 10.5 Å². The van der Waals surface area contributed by atoms with Gasteiger partial charge in [0.15, 0.2) is 0 Å². The van der Waals surface area contributed by atoms with Crippen LogP contribution >= 0.6 is 0 Å². The van der Waals surface area contributed by atoms with Crippen LogP contribution in [0.3, 0.4) is 0 Å². The third-order valence-electron chi connectivity index (χ3n) is 2.85. The molecule has 5 nitrogen and oxygen atoms in total. The van der Waals surface area contributed by atoms with Crippen molar-refractivity contribution in [3.05, 3.63) is 24.5 Å². The molecule has 1 aliphatic carbocycles. The van der Waals surface area contributed by atoms with Gasteiger partial charge >= 0.3 is 6.03 Å². The molecule has 0 unspecified atom stereocenters. The first-order chi connectivity index (χ1) is 7.74. The van der Waals surface area contributed by atoms with Gasteiger partial charge in [-0.05, 0) is 25.0 Å². The normalized spacial score (nSPS) is 16.6. The number of hydrogen-bond donors (Lipinski definition) is 3. The number of nitrogens with zero attached hydrogens (tertiary/aromatic N) is 1. The maximum Gasteiger partial charge on any atom is 0.319 e. The van der Waals surface area contributed by atoms with Gasteiger partial charge in [0.2, 0.25) is 0 Å². The van der Waals surface area contributed by atoms with E-state index in [4.69, 9.17) is 5.11 Å². The molecular formula is C11H15N3O2. The van der Waals surface area contributed by atoms with Gasteiger partial charge < -0.3 is 15.7 Å². The third kappa shape index (κ3) is 2.70. The lowest BCUT2D eigenvalue weighted by molar-refractivity contribution is 0.206. The maximum absolute atomic E-state index is 11.5. The molecule has 2 amide bonds. The average Bonchev–Trinajstić information content (AvgIpc) is 3.09. The molecule has 16 heavy (non-hydrogen) atoms. The second-order valence-corrected chi connectivity index (χ2v) is 4.20. The second kappa shape index (κ2) is 4.49. The van der Waals surface area contributed by atoms with Crippen LogP contribution in [-0.2, 0) is 0 Å². The molecule has 0 radical (unpaired) electrons. The van der Waals surface area contributed by atoms with E-state index < -0.39 is 0 Å². The number of carbonyl (C=O) groups is 1. The topological polar surface area (TPSA) is 74.2 Å². The molecule has 1 heterocycles. The predicted molar refractivity (Wildman–Crippen MR) is 60.0 cm³/mol. The fourth-order valence-corrected chi connectivity index (χ4v) is 1.45. The summed E-state index contributed by atoms with van der Waals surface area (Å²) in [6.45, 7) is 0.670. The molecule has 1 saturated carbocycles. The molecule has 0 aliphatic heterocycles. The first kappa shape index (κ1) is 10.9. The molecular weight excluding hydrogens is 206 g/mol. The van der Waals surface area contributed by atoms with Crippen molar-refractivity contribution in [2.24, 2.45) is 5.41 Å². The summed E-state index contributed by atoms with van der Waals surface area (Å²) < 4.78 is 0. The summed E-state index contributed by atoms with van der Waals surface area (Å²) in [6.07, 6.45) is 5.20. The Kier molecular flexibility index (Phi) is 3.05. The van der Waals surface area contributed by atoms with Gasteiger partial charge in [0, 0.05) is 30.0 Å². The van der Waals surface area contributed by atoms with Gasteiger partial charge in [0.25, 0.3) is 0 Å². The van der Waals surface area contributed by atoms with Crippen LogP contribution in [0.15, 0.2) is 24.5 Å². The molecule has 1 fully saturated rings. The molecule has 1 aromatic rings. The van der Waals surface area contributed by atoms with Gasteiger partial charge in [0.05, 0.1) is 6.61 Å². The van der Waals surface area contributed by atoms with E-state index in [9.17, 15) is 4.79 Å². The number of rotatable bonds is 4. The third-order valence-corrected chi connectivity index (χ3v) is 2.85. The van der Waals surface area contributed by atoms with E-state index in [1.807, 2.05) is 0 Å². The Balaban J connectivity index is 1.77. The van der Waals surface area contributed by atoms with Gasteiger partial charge in [-0.1, -0.05) is 0 Å². The molecule has 3 N–H and O–H groups in total. The van der Waals surface area contributed by atoms with Crippen molar-refractivity contribution >= 4 is 11.7 Å². The Morgan fingerprint density at radius 1 is 1.44 bits per heavy atom. The zero-order valence-corrected chi connectivity index (χ0v) is 8.94. The molecule has 86 valence electrons. The van der Waals surface area contributed by atoms with E-state index in [0.29, 0.717) is 12.2 Å². The molecule has 1 aromatic heterocycles. The van der Waals surface area contributed by atoms with Crippen molar-refractivity contribution in [2.45, 2.75) is 12.8 Å². The largest absolute Gasteiger partial charge is 0.396 e. The van der Waals surface area contributed by atoms with Crippen molar-refractivity contribution in [2.75, 3.05) is 18.5 Å². The molecule has 2 rings (SSSR count). The van der Waals surface area contributed by atoms with Gasteiger partial charge in [-0.3, -0.25) is 4.98 Å². The van der Waals surface area contributed by atoms with Gasteiger partial charge in [0.1, 0.15) is 0 Å². The van der Waals surface area contributed by atoms with Crippen molar-refractivity contribution < 1.29 is 9.90 Å². The van der Waals surface area contributed by atoms with Crippen LogP contribution in [0.25, 0.3) is 0 Å². The van der Waals surface area contributed by atoms with Crippen LogP contribution in [0, 0.1) is 5.41 Å². The summed E-state index contributed by atoms with van der Waals surface area (Å²) in [5.41, 5.74) is 0.650. The number of pyridine rings is 1. The predicted octanol–water partition coefficient (Wildman–Crippen LogP) is 0.976. The van der Waals surface area contributed by atoms with Crippen molar-refractivity contribution in [1.82, 2.24) is 10.3 Å². The van der Waals surface area contributed by atoms with Crippen LogP contribution in [0.2, 0.25) is 0 Å². The van der Waals surface area contributed by atoms with Crippen molar-refractivity contribution in [3.63, 3.8) is 0 Å². The number of nitrogens with one attached hydrogen (secondary N) is 2. The Labute approximate surface area is 93.9 Å². The number of amides is 2. The number of hydrogen-bond acceptors (Lipinski definition) is 3. The molecule has 5 heteroatoms. The minimum atomic E-state index is -0.245. The highest BCUT2D eigenvalue weighted by molar-refractivity contribution is 5.89. The Morgan fingerprint density at radius 2 is 2.12 bits per heavy atom. The lowest BCUT2D eigenvalue weighted by Gasteiger charge is -2.13. The zero-order chi connectivity index (χ0) is 11.4. The Hall–Kier alpha value is -1.62. The highest BCUT2D eigenvalue weighted by Crippen LogP contribution is 2.44. The fourth-order valence-electron chi connectivity index (χ4n) is 1.45. The lowest BCUT2D eigenvalue weighted by atomic mass is 10.1. The van der Waals surface area contributed by atoms with Crippen LogP contribution < -0.4 is 10.6 Å². The number of aliphatic hydroxyl groups is 1. The van der Waals surface area contributed by atoms with Gasteiger partial charge in [-0.25, -0.2) is 4.79 Å². The van der Waals surface area contributed by atoms with E-state index in [-0.39, 0.29) is 18.1 Å². The summed E-state index contributed by atoms with van der Waals surface area (Å²) in [6, 6.07) is 3.20. The van der Waals surface area contributed by atoms with Crippen molar-refractivity contribution in [3.8, 4) is 0 Å². The quantitative estimate of drug-likeness (QED) is 0.709. The summed E-state index contributed by atoms with van der Waals surface area (Å²) >= 11 is 0. The van der Waals surface area contributed by atoms with Gasteiger partial charge in [-0.15, -0.1) is 0 Å². The average molecular weight is 221 g/mol. The molecule has 0 spiro atoms. The first-order valence-electron chi connectivity index (χ1n) is 5.30. The highest BCUT2D eigenvalue weighted by Gasteiger charge is 2.42. The first-order valence-corrected chi connectivity index (χ1v) is 5.30. The molecule has 1 aliphatic rings. The van der Waals surface area contributed by atoms with Gasteiger partial charge in [-0.2, -0.15) is 0 Å². The lowest BCUT2D eigenvalue weighted by Crippen LogP contribution is -2.35. The number of anilines is 1. The van der Waals surface area contributed by atoms with E-state index in [1.54, 1.807) is 24.5 Å². The van der Waals surface area contributed by atoms with Crippen molar-refractivity contribution in [1.29, 1.82) is 0 Å². The van der Waals surface area contributed by atoms with E-state index in [2.05, 4.69) is 15.6 Å². The smallest absolute Gasteiger partial charge is 0.319 e. The SMILES string of the molecule is O=C(NCC1(CO)CC1)Nc1ccncc1. The number of carbonyl (C=O) groups excluding carboxylic acids is 1. The van der Waals surface area contributed by atoms with Crippen LogP contribution in [0.5, 0.6) is 0 Å². The molecule has 0 bridgehead atoms. The van der Waals surface area contributed by atoms with E-state index in [1.165, 1.54) is 0 Å². The fraction of sp³-hybridized carbons (Fsp3) is 0.455.